The van der Waals surface area contributed by atoms with Crippen LogP contribution in [0.3, 0.4) is 0 Å². The van der Waals surface area contributed by atoms with Crippen molar-refractivity contribution in [2.45, 2.75) is 11.8 Å². The topological polar surface area (TPSA) is 119 Å². The van der Waals surface area contributed by atoms with Crippen LogP contribution in [0.4, 0.5) is 16.3 Å². The first-order valence-corrected chi connectivity index (χ1v) is 7.52. The van der Waals surface area contributed by atoms with Crippen molar-refractivity contribution in [2.24, 2.45) is 12.2 Å². The zero-order valence-corrected chi connectivity index (χ0v) is 12.3. The highest BCUT2D eigenvalue weighted by atomic mass is 32.2. The summed E-state index contributed by atoms with van der Waals surface area (Å²) in [6, 6.07) is 6.78. The van der Waals surface area contributed by atoms with E-state index in [0.29, 0.717) is 11.5 Å². The van der Waals surface area contributed by atoms with E-state index in [4.69, 9.17) is 5.14 Å². The molecule has 1 heterocycles. The van der Waals surface area contributed by atoms with Crippen molar-refractivity contribution in [3.05, 3.63) is 36.0 Å². The van der Waals surface area contributed by atoms with E-state index in [1.807, 2.05) is 6.92 Å². The van der Waals surface area contributed by atoms with Crippen molar-refractivity contribution in [2.75, 3.05) is 10.6 Å². The number of aryl methyl sites for hydroxylation is 2. The van der Waals surface area contributed by atoms with Crippen molar-refractivity contribution in [3.63, 3.8) is 0 Å². The third-order valence-electron chi connectivity index (χ3n) is 2.80. The smallest absolute Gasteiger partial charge is 0.308 e. The number of amides is 2. The summed E-state index contributed by atoms with van der Waals surface area (Å²) < 4.78 is 23.9. The van der Waals surface area contributed by atoms with Gasteiger partial charge in [0.25, 0.3) is 0 Å². The summed E-state index contributed by atoms with van der Waals surface area (Å²) in [5.41, 5.74) is 1.34. The average Bonchev–Trinajstić information content (AvgIpc) is 2.67. The molecule has 0 saturated heterocycles. The largest absolute Gasteiger partial charge is 0.324 e. The first kappa shape index (κ1) is 15.0. The number of primary sulfonamides is 1. The van der Waals surface area contributed by atoms with Crippen molar-refractivity contribution in [1.29, 1.82) is 0 Å². The molecule has 0 aliphatic carbocycles. The van der Waals surface area contributed by atoms with Gasteiger partial charge in [0.2, 0.25) is 10.0 Å². The van der Waals surface area contributed by atoms with Crippen LogP contribution in [-0.4, -0.2) is 24.2 Å². The van der Waals surface area contributed by atoms with Crippen LogP contribution in [-0.2, 0) is 17.1 Å². The Balaban J connectivity index is 2.03. The highest BCUT2D eigenvalue weighted by Crippen LogP contribution is 2.13. The van der Waals surface area contributed by atoms with Crippen LogP contribution >= 0.6 is 0 Å². The molecule has 21 heavy (non-hydrogen) atoms. The maximum atomic E-state index is 11.8. The van der Waals surface area contributed by atoms with E-state index >= 15 is 0 Å². The van der Waals surface area contributed by atoms with Gasteiger partial charge in [0.1, 0.15) is 0 Å². The van der Waals surface area contributed by atoms with Gasteiger partial charge in [-0.25, -0.2) is 18.4 Å². The number of rotatable bonds is 3. The van der Waals surface area contributed by atoms with Crippen molar-refractivity contribution < 1.29 is 13.2 Å². The van der Waals surface area contributed by atoms with Gasteiger partial charge in [-0.05, 0) is 31.2 Å². The molecule has 0 radical (unpaired) electrons. The zero-order chi connectivity index (χ0) is 15.6. The molecule has 0 bridgehead atoms. The Bertz CT molecular complexity index is 745. The zero-order valence-electron chi connectivity index (χ0n) is 11.5. The Hall–Kier alpha value is -2.39. The predicted octanol–water partition coefficient (Wildman–Crippen LogP) is 1.02. The molecule has 0 spiro atoms. The lowest BCUT2D eigenvalue weighted by Crippen LogP contribution is -2.20. The SMILES string of the molecule is Cc1cc(NC(=O)Nc2ccc(S(N)(=O)=O)cc2)nn1C. The van der Waals surface area contributed by atoms with Gasteiger partial charge in [-0.1, -0.05) is 0 Å². The molecule has 0 aliphatic rings. The number of carbonyl (C=O) groups excluding carboxylic acids is 1. The Morgan fingerprint density at radius 2 is 1.86 bits per heavy atom. The summed E-state index contributed by atoms with van der Waals surface area (Å²) in [5.74, 6) is 0.425. The van der Waals surface area contributed by atoms with Crippen LogP contribution in [0.5, 0.6) is 0 Å². The van der Waals surface area contributed by atoms with E-state index in [1.165, 1.54) is 24.3 Å². The van der Waals surface area contributed by atoms with Crippen LogP contribution in [0.15, 0.2) is 35.2 Å². The van der Waals surface area contributed by atoms with Crippen LogP contribution in [0.2, 0.25) is 0 Å². The lowest BCUT2D eigenvalue weighted by molar-refractivity contribution is 0.262. The number of benzene rings is 1. The summed E-state index contributed by atoms with van der Waals surface area (Å²) in [6.07, 6.45) is 0. The molecule has 0 aliphatic heterocycles. The number of nitrogens with zero attached hydrogens (tertiary/aromatic N) is 2. The third kappa shape index (κ3) is 3.80. The monoisotopic (exact) mass is 309 g/mol. The molecule has 0 atom stereocenters. The lowest BCUT2D eigenvalue weighted by atomic mass is 10.3. The number of nitrogens with two attached hydrogens (primary N) is 1. The number of anilines is 2. The minimum Gasteiger partial charge on any atom is -0.308 e. The average molecular weight is 309 g/mol. The van der Waals surface area contributed by atoms with Gasteiger partial charge in [0.05, 0.1) is 4.90 Å². The molecule has 8 nitrogen and oxygen atoms in total. The number of sulfonamides is 1. The number of nitrogens with one attached hydrogen (secondary N) is 2. The Kier molecular flexibility index (Phi) is 3.96. The summed E-state index contributed by atoms with van der Waals surface area (Å²) in [7, 11) is -1.97. The van der Waals surface area contributed by atoms with Gasteiger partial charge in [0, 0.05) is 24.5 Å². The van der Waals surface area contributed by atoms with Crippen molar-refractivity contribution in [1.82, 2.24) is 9.78 Å². The van der Waals surface area contributed by atoms with Crippen molar-refractivity contribution in [3.8, 4) is 0 Å². The molecule has 0 fully saturated rings. The maximum Gasteiger partial charge on any atom is 0.324 e. The summed E-state index contributed by atoms with van der Waals surface area (Å²) in [4.78, 5) is 11.8. The first-order chi connectivity index (χ1) is 9.75. The molecule has 1 aromatic heterocycles. The van der Waals surface area contributed by atoms with Crippen LogP contribution in [0, 0.1) is 6.92 Å². The molecule has 2 aromatic rings. The Morgan fingerprint density at radius 1 is 1.24 bits per heavy atom. The first-order valence-electron chi connectivity index (χ1n) is 5.97. The van der Waals surface area contributed by atoms with Gasteiger partial charge >= 0.3 is 6.03 Å². The molecule has 9 heteroatoms. The van der Waals surface area contributed by atoms with E-state index < -0.39 is 16.1 Å². The van der Waals surface area contributed by atoms with E-state index in [1.54, 1.807) is 17.8 Å². The molecule has 0 saturated carbocycles. The fourth-order valence-electron chi connectivity index (χ4n) is 1.63. The van der Waals surface area contributed by atoms with Crippen LogP contribution in [0.1, 0.15) is 5.69 Å². The highest BCUT2D eigenvalue weighted by Gasteiger charge is 2.09. The molecule has 2 amide bonds. The second-order valence-corrected chi connectivity index (χ2v) is 6.00. The van der Waals surface area contributed by atoms with E-state index in [0.717, 1.165) is 5.69 Å². The van der Waals surface area contributed by atoms with Gasteiger partial charge in [0.15, 0.2) is 5.82 Å². The van der Waals surface area contributed by atoms with Gasteiger partial charge in [-0.15, -0.1) is 0 Å². The molecule has 0 unspecified atom stereocenters. The number of carbonyl (C=O) groups is 1. The molecule has 112 valence electrons. The lowest BCUT2D eigenvalue weighted by Gasteiger charge is -2.06. The van der Waals surface area contributed by atoms with Crippen LogP contribution in [0.25, 0.3) is 0 Å². The molecular formula is C12H15N5O3S. The summed E-state index contributed by atoms with van der Waals surface area (Å²) in [6.45, 7) is 1.86. The molecule has 4 N–H and O–H groups in total. The van der Waals surface area contributed by atoms with Crippen LogP contribution < -0.4 is 15.8 Å². The molecule has 2 rings (SSSR count). The summed E-state index contributed by atoms with van der Waals surface area (Å²) in [5, 5.41) is 14.2. The molecular weight excluding hydrogens is 294 g/mol. The van der Waals surface area contributed by atoms with Gasteiger partial charge in [-0.3, -0.25) is 10.00 Å². The predicted molar refractivity (Wildman–Crippen MR) is 78.4 cm³/mol. The Labute approximate surface area is 122 Å². The van der Waals surface area contributed by atoms with E-state index in [9.17, 15) is 13.2 Å². The number of aromatic nitrogens is 2. The maximum absolute atomic E-state index is 11.8. The number of hydrogen-bond donors (Lipinski definition) is 3. The standard InChI is InChI=1S/C12H15N5O3S/c1-8-7-11(16-17(8)2)15-12(18)14-9-3-5-10(6-4-9)21(13,19)20/h3-7H,1-2H3,(H2,13,19,20)(H2,14,15,16,18). The minimum absolute atomic E-state index is 0.0196. The minimum atomic E-state index is -3.74. The van der Waals surface area contributed by atoms with Gasteiger partial charge < -0.3 is 5.32 Å². The van der Waals surface area contributed by atoms with E-state index in [2.05, 4.69) is 15.7 Å². The second kappa shape index (κ2) is 5.54. The van der Waals surface area contributed by atoms with Gasteiger partial charge in [-0.2, -0.15) is 5.10 Å². The fourth-order valence-corrected chi connectivity index (χ4v) is 2.14. The fraction of sp³-hybridized carbons (Fsp3) is 0.167. The molecule has 1 aromatic carbocycles. The second-order valence-electron chi connectivity index (χ2n) is 4.44. The Morgan fingerprint density at radius 3 is 2.33 bits per heavy atom. The number of hydrogen-bond acceptors (Lipinski definition) is 4. The quantitative estimate of drug-likeness (QED) is 0.784. The van der Waals surface area contributed by atoms with Crippen molar-refractivity contribution >= 4 is 27.6 Å². The highest BCUT2D eigenvalue weighted by molar-refractivity contribution is 7.89. The van der Waals surface area contributed by atoms with E-state index in [-0.39, 0.29) is 4.90 Å². The third-order valence-corrected chi connectivity index (χ3v) is 3.73. The summed E-state index contributed by atoms with van der Waals surface area (Å²) >= 11 is 0. The number of urea groups is 1. The normalized spacial score (nSPS) is 11.2.